The molecule has 2 aromatic rings. The smallest absolute Gasteiger partial charge is 0.137 e. The quantitative estimate of drug-likeness (QED) is 0.915. The van der Waals surface area contributed by atoms with Crippen molar-refractivity contribution in [3.05, 3.63) is 71.3 Å². The molecule has 2 aliphatic rings. The number of nitrogens with one attached hydrogen (secondary N) is 1. The Morgan fingerprint density at radius 1 is 0.958 bits per heavy atom. The van der Waals surface area contributed by atoms with Gasteiger partial charge in [0, 0.05) is 24.3 Å². The molecule has 24 heavy (non-hydrogen) atoms. The van der Waals surface area contributed by atoms with Gasteiger partial charge in [-0.3, -0.25) is 4.79 Å². The molecule has 4 rings (SSSR count). The van der Waals surface area contributed by atoms with Crippen LogP contribution in [0.15, 0.2) is 48.5 Å². The lowest BCUT2D eigenvalue weighted by Crippen LogP contribution is -2.47. The number of Topliss-reactive ketones (excluding diaryl/α,β-unsaturated/α-hetero) is 1. The van der Waals surface area contributed by atoms with Gasteiger partial charge in [-0.05, 0) is 54.3 Å². The average Bonchev–Trinajstić information content (AvgIpc) is 3.07. The van der Waals surface area contributed by atoms with Gasteiger partial charge in [0.2, 0.25) is 0 Å². The summed E-state index contributed by atoms with van der Waals surface area (Å²) in [5.74, 6) is -0.425. The van der Waals surface area contributed by atoms with Crippen LogP contribution in [0.25, 0.3) is 0 Å². The minimum Gasteiger partial charge on any atom is -0.316 e. The second kappa shape index (κ2) is 5.78. The zero-order valence-electron chi connectivity index (χ0n) is 13.3. The Balaban J connectivity index is 1.94. The maximum Gasteiger partial charge on any atom is 0.137 e. The van der Waals surface area contributed by atoms with Gasteiger partial charge in [0.25, 0.3) is 0 Å². The summed E-state index contributed by atoms with van der Waals surface area (Å²) in [4.78, 5) is 12.4. The van der Waals surface area contributed by atoms with Crippen molar-refractivity contribution < 1.29 is 13.6 Å². The Labute approximate surface area is 139 Å². The van der Waals surface area contributed by atoms with Gasteiger partial charge >= 0.3 is 0 Å². The van der Waals surface area contributed by atoms with E-state index in [1.807, 2.05) is 12.1 Å². The standard InChI is InChI=1S/C20H19F2NO/c21-15-5-1-3-13(9-15)20(14-4-2-6-16(22)10-14)8-7-19(24)17-11-23-12-18(17)20/h1-6,9-10,17-18,23H,7-8,11-12H2. The fourth-order valence-electron chi connectivity index (χ4n) is 4.64. The molecule has 0 bridgehead atoms. The predicted octanol–water partition coefficient (Wildman–Crippen LogP) is 3.45. The number of benzene rings is 2. The van der Waals surface area contributed by atoms with E-state index in [-0.39, 0.29) is 29.3 Å². The van der Waals surface area contributed by atoms with E-state index in [2.05, 4.69) is 5.32 Å². The van der Waals surface area contributed by atoms with Crippen LogP contribution in [0.3, 0.4) is 0 Å². The van der Waals surface area contributed by atoms with E-state index in [0.29, 0.717) is 25.9 Å². The number of fused-ring (bicyclic) bond motifs is 1. The summed E-state index contributed by atoms with van der Waals surface area (Å²) in [6.45, 7) is 1.33. The fourth-order valence-corrected chi connectivity index (χ4v) is 4.64. The Morgan fingerprint density at radius 2 is 1.58 bits per heavy atom. The van der Waals surface area contributed by atoms with Gasteiger partial charge in [-0.1, -0.05) is 24.3 Å². The lowest BCUT2D eigenvalue weighted by molar-refractivity contribution is -0.126. The fraction of sp³-hybridized carbons (Fsp3) is 0.350. The van der Waals surface area contributed by atoms with Gasteiger partial charge in [-0.15, -0.1) is 0 Å². The molecule has 0 aromatic heterocycles. The predicted molar refractivity (Wildman–Crippen MR) is 87.7 cm³/mol. The number of carbonyl (C=O) groups excluding carboxylic acids is 1. The monoisotopic (exact) mass is 327 g/mol. The van der Waals surface area contributed by atoms with E-state index in [4.69, 9.17) is 0 Å². The molecule has 4 heteroatoms. The largest absolute Gasteiger partial charge is 0.316 e. The second-order valence-corrected chi connectivity index (χ2v) is 6.83. The highest BCUT2D eigenvalue weighted by Gasteiger charge is 2.52. The second-order valence-electron chi connectivity index (χ2n) is 6.83. The number of rotatable bonds is 2. The summed E-state index contributed by atoms with van der Waals surface area (Å²) in [6, 6.07) is 13.1. The number of hydrogen-bond donors (Lipinski definition) is 1. The van der Waals surface area contributed by atoms with Crippen LogP contribution < -0.4 is 5.32 Å². The molecule has 124 valence electrons. The average molecular weight is 327 g/mol. The minimum atomic E-state index is -0.535. The maximum absolute atomic E-state index is 14.0. The van der Waals surface area contributed by atoms with Gasteiger partial charge < -0.3 is 5.32 Å². The number of carbonyl (C=O) groups is 1. The summed E-state index contributed by atoms with van der Waals surface area (Å²) in [7, 11) is 0. The van der Waals surface area contributed by atoms with Gasteiger partial charge in [0.15, 0.2) is 0 Å². The Kier molecular flexibility index (Phi) is 3.72. The molecule has 0 spiro atoms. The molecule has 2 nitrogen and oxygen atoms in total. The molecule has 0 amide bonds. The third-order valence-electron chi connectivity index (χ3n) is 5.71. The maximum atomic E-state index is 14.0. The first-order valence-electron chi connectivity index (χ1n) is 8.37. The van der Waals surface area contributed by atoms with Crippen molar-refractivity contribution >= 4 is 5.78 Å². The molecule has 1 saturated heterocycles. The number of halogens is 2. The zero-order valence-corrected chi connectivity index (χ0v) is 13.3. The topological polar surface area (TPSA) is 29.1 Å². The Hall–Kier alpha value is -2.07. The van der Waals surface area contributed by atoms with E-state index >= 15 is 0 Å². The van der Waals surface area contributed by atoms with Crippen LogP contribution in [-0.4, -0.2) is 18.9 Å². The van der Waals surface area contributed by atoms with E-state index in [1.54, 1.807) is 12.1 Å². The van der Waals surface area contributed by atoms with Crippen molar-refractivity contribution in [3.8, 4) is 0 Å². The normalized spacial score (nSPS) is 25.5. The van der Waals surface area contributed by atoms with Gasteiger partial charge in [-0.25, -0.2) is 8.78 Å². The molecule has 2 unspecified atom stereocenters. The molecular weight excluding hydrogens is 308 g/mol. The summed E-state index contributed by atoms with van der Waals surface area (Å²) >= 11 is 0. The molecule has 2 aromatic carbocycles. The van der Waals surface area contributed by atoms with Crippen molar-refractivity contribution in [2.75, 3.05) is 13.1 Å². The van der Waals surface area contributed by atoms with Crippen LogP contribution in [0.1, 0.15) is 24.0 Å². The molecule has 1 aliphatic heterocycles. The van der Waals surface area contributed by atoms with Crippen molar-refractivity contribution in [2.24, 2.45) is 11.8 Å². The highest BCUT2D eigenvalue weighted by atomic mass is 19.1. The van der Waals surface area contributed by atoms with Crippen LogP contribution in [0.4, 0.5) is 8.78 Å². The van der Waals surface area contributed by atoms with E-state index in [0.717, 1.165) is 11.1 Å². The lowest BCUT2D eigenvalue weighted by atomic mass is 9.56. The van der Waals surface area contributed by atoms with Crippen LogP contribution >= 0.6 is 0 Å². The molecule has 1 heterocycles. The first-order valence-corrected chi connectivity index (χ1v) is 8.37. The first kappa shape index (κ1) is 15.5. The molecule has 0 radical (unpaired) electrons. The summed E-state index contributed by atoms with van der Waals surface area (Å²) < 4.78 is 27.9. The van der Waals surface area contributed by atoms with Crippen molar-refractivity contribution in [1.29, 1.82) is 0 Å². The van der Waals surface area contributed by atoms with E-state index in [9.17, 15) is 13.6 Å². The van der Waals surface area contributed by atoms with Gasteiger partial charge in [-0.2, -0.15) is 0 Å². The van der Waals surface area contributed by atoms with Crippen molar-refractivity contribution in [1.82, 2.24) is 5.32 Å². The van der Waals surface area contributed by atoms with Crippen LogP contribution in [0.2, 0.25) is 0 Å². The minimum absolute atomic E-state index is 0.0161. The summed E-state index contributed by atoms with van der Waals surface area (Å²) in [6.07, 6.45) is 1.03. The molecule has 1 saturated carbocycles. The molecule has 1 aliphatic carbocycles. The zero-order chi connectivity index (χ0) is 16.7. The first-order chi connectivity index (χ1) is 11.6. The lowest BCUT2D eigenvalue weighted by Gasteiger charge is -2.45. The highest BCUT2D eigenvalue weighted by molar-refractivity contribution is 5.84. The Bertz CT molecular complexity index is 743. The summed E-state index contributed by atoms with van der Waals surface area (Å²) in [5, 5.41) is 3.31. The molecular formula is C20H19F2NO. The number of ketones is 1. The van der Waals surface area contributed by atoms with Crippen LogP contribution in [0, 0.1) is 23.5 Å². The van der Waals surface area contributed by atoms with Gasteiger partial charge in [0.1, 0.15) is 17.4 Å². The summed E-state index contributed by atoms with van der Waals surface area (Å²) in [5.41, 5.74) is 1.13. The molecule has 1 N–H and O–H groups in total. The highest BCUT2D eigenvalue weighted by Crippen LogP contribution is 2.51. The molecule has 2 fully saturated rings. The van der Waals surface area contributed by atoms with Crippen molar-refractivity contribution in [3.63, 3.8) is 0 Å². The van der Waals surface area contributed by atoms with Crippen LogP contribution in [0.5, 0.6) is 0 Å². The van der Waals surface area contributed by atoms with Gasteiger partial charge in [0.05, 0.1) is 0 Å². The Morgan fingerprint density at radius 3 is 2.17 bits per heavy atom. The van der Waals surface area contributed by atoms with E-state index < -0.39 is 5.41 Å². The third kappa shape index (κ3) is 2.28. The third-order valence-corrected chi connectivity index (χ3v) is 5.71. The number of hydrogen-bond acceptors (Lipinski definition) is 2. The van der Waals surface area contributed by atoms with Crippen LogP contribution in [-0.2, 0) is 10.2 Å². The van der Waals surface area contributed by atoms with E-state index in [1.165, 1.54) is 24.3 Å². The van der Waals surface area contributed by atoms with Crippen molar-refractivity contribution in [2.45, 2.75) is 18.3 Å². The SMILES string of the molecule is O=C1CCC(c2cccc(F)c2)(c2cccc(F)c2)C2CNCC12. The molecule has 2 atom stereocenters.